The fourth-order valence-electron chi connectivity index (χ4n) is 3.43. The van der Waals surface area contributed by atoms with Gasteiger partial charge in [0.1, 0.15) is 0 Å². The number of benzene rings is 1. The number of ether oxygens (including phenoxy) is 3. The Morgan fingerprint density at radius 1 is 1.10 bits per heavy atom. The third-order valence-electron chi connectivity index (χ3n) is 4.77. The molecule has 1 aromatic carbocycles. The fourth-order valence-corrected chi connectivity index (χ4v) is 4.59. The smallest absolute Gasteiger partial charge is 0.228 e. The van der Waals surface area contributed by atoms with Gasteiger partial charge in [0.15, 0.2) is 16.7 Å². The summed E-state index contributed by atoms with van der Waals surface area (Å²) < 4.78 is 19.2. The van der Waals surface area contributed by atoms with Crippen molar-refractivity contribution < 1.29 is 14.2 Å². The number of nitrogens with zero attached hydrogens (tertiary/aromatic N) is 4. The van der Waals surface area contributed by atoms with E-state index in [9.17, 15) is 0 Å². The molecule has 1 aromatic heterocycles. The highest BCUT2D eigenvalue weighted by Crippen LogP contribution is 2.39. The summed E-state index contributed by atoms with van der Waals surface area (Å²) in [6.07, 6.45) is 0.859. The van der Waals surface area contributed by atoms with E-state index in [1.165, 1.54) is 0 Å². The van der Waals surface area contributed by atoms with Crippen molar-refractivity contribution in [2.24, 2.45) is 5.92 Å². The van der Waals surface area contributed by atoms with Gasteiger partial charge in [0.05, 0.1) is 31.5 Å². The van der Waals surface area contributed by atoms with Crippen LogP contribution in [0.25, 0.3) is 0 Å². The van der Waals surface area contributed by atoms with Crippen molar-refractivity contribution in [2.45, 2.75) is 37.7 Å². The molecular weight excluding hydrogens is 412 g/mol. The molecule has 4 rings (SSSR count). The Hall–Kier alpha value is -1.64. The number of thioether (sulfide) groups is 1. The van der Waals surface area contributed by atoms with Gasteiger partial charge in [0, 0.05) is 31.8 Å². The maximum atomic E-state index is 6.44. The lowest BCUT2D eigenvalue weighted by molar-refractivity contribution is 0.121. The molecule has 0 radical (unpaired) electrons. The zero-order valence-electron chi connectivity index (χ0n) is 16.9. The molecule has 2 aliphatic heterocycles. The third kappa shape index (κ3) is 4.92. The van der Waals surface area contributed by atoms with E-state index in [1.807, 2.05) is 12.1 Å². The molecule has 3 heterocycles. The lowest BCUT2D eigenvalue weighted by atomic mass is 10.2. The second kappa shape index (κ2) is 9.45. The van der Waals surface area contributed by atoms with Crippen LogP contribution in [0, 0.1) is 5.92 Å². The van der Waals surface area contributed by atoms with Crippen molar-refractivity contribution >= 4 is 29.3 Å². The van der Waals surface area contributed by atoms with Crippen LogP contribution in [0.1, 0.15) is 25.8 Å². The first-order valence-electron chi connectivity index (χ1n) is 10.1. The van der Waals surface area contributed by atoms with E-state index in [0.29, 0.717) is 29.9 Å². The Labute approximate surface area is 180 Å². The summed E-state index contributed by atoms with van der Waals surface area (Å²) in [6.45, 7) is 9.72. The standard InChI is InChI=1S/C20H27ClN4O3S/c1-14(2)12-25-19(24-4-8-26-9-5-24)22-23-20(25)29-13-15-10-16(21)18-17(11-15)27-6-3-7-28-18/h10-11,14H,3-9,12-13H2,1-2H3. The Morgan fingerprint density at radius 2 is 1.90 bits per heavy atom. The molecule has 0 amide bonds. The van der Waals surface area contributed by atoms with E-state index in [2.05, 4.69) is 33.5 Å². The molecule has 7 nitrogen and oxygen atoms in total. The SMILES string of the molecule is CC(C)Cn1c(SCc2cc(Cl)c3c(c2)OCCCO3)nnc1N1CCOCC1. The molecule has 0 spiro atoms. The number of fused-ring (bicyclic) bond motifs is 1. The summed E-state index contributed by atoms with van der Waals surface area (Å²) in [4.78, 5) is 2.26. The maximum absolute atomic E-state index is 6.44. The lowest BCUT2D eigenvalue weighted by Crippen LogP contribution is -2.38. The number of hydrogen-bond donors (Lipinski definition) is 0. The predicted octanol–water partition coefficient (Wildman–Crippen LogP) is 3.88. The average molecular weight is 439 g/mol. The number of aromatic nitrogens is 3. The molecule has 0 bridgehead atoms. The van der Waals surface area contributed by atoms with Crippen molar-refractivity contribution in [2.75, 3.05) is 44.4 Å². The molecule has 29 heavy (non-hydrogen) atoms. The van der Waals surface area contributed by atoms with Gasteiger partial charge >= 0.3 is 0 Å². The fraction of sp³-hybridized carbons (Fsp3) is 0.600. The minimum Gasteiger partial charge on any atom is -0.489 e. The number of morpholine rings is 1. The highest BCUT2D eigenvalue weighted by atomic mass is 35.5. The first kappa shape index (κ1) is 20.6. The van der Waals surface area contributed by atoms with E-state index >= 15 is 0 Å². The van der Waals surface area contributed by atoms with Crippen LogP contribution in [0.2, 0.25) is 5.02 Å². The number of rotatable bonds is 6. The Morgan fingerprint density at radius 3 is 2.69 bits per heavy atom. The van der Waals surface area contributed by atoms with E-state index < -0.39 is 0 Å². The van der Waals surface area contributed by atoms with Crippen LogP contribution in [-0.2, 0) is 17.0 Å². The highest BCUT2D eigenvalue weighted by Gasteiger charge is 2.22. The predicted molar refractivity (Wildman–Crippen MR) is 115 cm³/mol. The molecule has 0 N–H and O–H groups in total. The van der Waals surface area contributed by atoms with Crippen LogP contribution in [0.4, 0.5) is 5.95 Å². The maximum Gasteiger partial charge on any atom is 0.228 e. The first-order valence-corrected chi connectivity index (χ1v) is 11.4. The molecule has 1 fully saturated rings. The van der Waals surface area contributed by atoms with Crippen LogP contribution in [0.3, 0.4) is 0 Å². The lowest BCUT2D eigenvalue weighted by Gasteiger charge is -2.28. The van der Waals surface area contributed by atoms with Crippen LogP contribution in [0.5, 0.6) is 11.5 Å². The summed E-state index contributed by atoms with van der Waals surface area (Å²) in [7, 11) is 0. The van der Waals surface area contributed by atoms with Crippen LogP contribution >= 0.6 is 23.4 Å². The van der Waals surface area contributed by atoms with E-state index in [1.54, 1.807) is 11.8 Å². The molecule has 1 saturated heterocycles. The highest BCUT2D eigenvalue weighted by molar-refractivity contribution is 7.98. The van der Waals surface area contributed by atoms with Gasteiger partial charge in [-0.2, -0.15) is 0 Å². The van der Waals surface area contributed by atoms with Crippen molar-refractivity contribution in [3.8, 4) is 11.5 Å². The van der Waals surface area contributed by atoms with Crippen molar-refractivity contribution in [3.63, 3.8) is 0 Å². The third-order valence-corrected chi connectivity index (χ3v) is 6.09. The van der Waals surface area contributed by atoms with Gasteiger partial charge in [0.25, 0.3) is 0 Å². The summed E-state index contributed by atoms with van der Waals surface area (Å²) in [5.41, 5.74) is 1.08. The number of halogens is 1. The van der Waals surface area contributed by atoms with E-state index in [-0.39, 0.29) is 0 Å². The second-order valence-electron chi connectivity index (χ2n) is 7.63. The summed E-state index contributed by atoms with van der Waals surface area (Å²) >= 11 is 8.11. The monoisotopic (exact) mass is 438 g/mol. The molecule has 2 aromatic rings. The summed E-state index contributed by atoms with van der Waals surface area (Å²) in [5, 5.41) is 10.5. The van der Waals surface area contributed by atoms with Gasteiger partial charge in [-0.1, -0.05) is 37.2 Å². The van der Waals surface area contributed by atoms with Gasteiger partial charge in [-0.05, 0) is 23.6 Å². The second-order valence-corrected chi connectivity index (χ2v) is 8.98. The Bertz CT molecular complexity index is 839. The van der Waals surface area contributed by atoms with Gasteiger partial charge in [-0.3, -0.25) is 4.57 Å². The minimum atomic E-state index is 0.498. The van der Waals surface area contributed by atoms with E-state index in [0.717, 1.165) is 67.4 Å². The van der Waals surface area contributed by atoms with Gasteiger partial charge in [0.2, 0.25) is 5.95 Å². The summed E-state index contributed by atoms with van der Waals surface area (Å²) in [6, 6.07) is 3.97. The zero-order valence-corrected chi connectivity index (χ0v) is 18.5. The molecule has 0 aliphatic carbocycles. The molecule has 9 heteroatoms. The molecule has 158 valence electrons. The van der Waals surface area contributed by atoms with Crippen LogP contribution < -0.4 is 14.4 Å². The molecule has 0 saturated carbocycles. The quantitative estimate of drug-likeness (QED) is 0.634. The Balaban J connectivity index is 1.53. The zero-order chi connectivity index (χ0) is 20.2. The first-order chi connectivity index (χ1) is 14.1. The van der Waals surface area contributed by atoms with Crippen molar-refractivity contribution in [1.29, 1.82) is 0 Å². The van der Waals surface area contributed by atoms with Gasteiger partial charge < -0.3 is 19.1 Å². The average Bonchev–Trinajstić information content (AvgIpc) is 2.93. The number of anilines is 1. The van der Waals surface area contributed by atoms with Crippen molar-refractivity contribution in [1.82, 2.24) is 14.8 Å². The van der Waals surface area contributed by atoms with Crippen LogP contribution in [0.15, 0.2) is 17.3 Å². The van der Waals surface area contributed by atoms with Crippen LogP contribution in [-0.4, -0.2) is 54.3 Å². The Kier molecular flexibility index (Phi) is 6.72. The molecule has 0 unspecified atom stereocenters. The largest absolute Gasteiger partial charge is 0.489 e. The molecular formula is C20H27ClN4O3S. The summed E-state index contributed by atoms with van der Waals surface area (Å²) in [5.74, 6) is 3.54. The van der Waals surface area contributed by atoms with Gasteiger partial charge in [-0.15, -0.1) is 10.2 Å². The molecule has 2 aliphatic rings. The minimum absolute atomic E-state index is 0.498. The van der Waals surface area contributed by atoms with Crippen molar-refractivity contribution in [3.05, 3.63) is 22.7 Å². The van der Waals surface area contributed by atoms with E-state index in [4.69, 9.17) is 25.8 Å². The normalized spacial score (nSPS) is 16.9. The number of hydrogen-bond acceptors (Lipinski definition) is 7. The van der Waals surface area contributed by atoms with Gasteiger partial charge in [-0.25, -0.2) is 0 Å². The molecule has 0 atom stereocenters. The topological polar surface area (TPSA) is 61.6 Å².